The summed E-state index contributed by atoms with van der Waals surface area (Å²) in [4.78, 5) is 30.4. The zero-order valence-electron chi connectivity index (χ0n) is 15.1. The largest absolute Gasteiger partial charge is 0.340 e. The Hall–Kier alpha value is -3.22. The van der Waals surface area contributed by atoms with Crippen molar-refractivity contribution in [1.82, 2.24) is 24.6 Å². The van der Waals surface area contributed by atoms with Crippen LogP contribution in [0.15, 0.2) is 47.5 Å². The molecule has 2 aromatic heterocycles. The molecule has 2 heterocycles. The van der Waals surface area contributed by atoms with E-state index in [0.717, 1.165) is 17.1 Å². The summed E-state index contributed by atoms with van der Waals surface area (Å²) in [5.41, 5.74) is 2.36. The number of carbonyl (C=O) groups is 1. The van der Waals surface area contributed by atoms with Gasteiger partial charge in [0.1, 0.15) is 5.82 Å². The van der Waals surface area contributed by atoms with Gasteiger partial charge in [0.2, 0.25) is 0 Å². The second-order valence-electron chi connectivity index (χ2n) is 6.22. The predicted molar refractivity (Wildman–Crippen MR) is 99.0 cm³/mol. The molecule has 3 rings (SSSR count). The molecule has 7 heteroatoms. The number of likely N-dealkylation sites (N-methyl/N-ethyl adjacent to an activating group) is 1. The molecule has 0 aliphatic carbocycles. The summed E-state index contributed by atoms with van der Waals surface area (Å²) in [6.07, 6.45) is 3.65. The van der Waals surface area contributed by atoms with E-state index >= 15 is 0 Å². The molecule has 0 aliphatic rings. The van der Waals surface area contributed by atoms with E-state index in [0.29, 0.717) is 24.2 Å². The smallest absolute Gasteiger partial charge is 0.272 e. The van der Waals surface area contributed by atoms with Crippen LogP contribution in [-0.2, 0) is 6.54 Å². The highest BCUT2D eigenvalue weighted by molar-refractivity contribution is 5.94. The van der Waals surface area contributed by atoms with Crippen molar-refractivity contribution in [3.8, 4) is 11.1 Å². The van der Waals surface area contributed by atoms with Crippen LogP contribution in [0.3, 0.4) is 0 Å². The molecule has 0 fully saturated rings. The van der Waals surface area contributed by atoms with Gasteiger partial charge in [-0.1, -0.05) is 12.1 Å². The van der Waals surface area contributed by atoms with Crippen LogP contribution in [0.4, 0.5) is 0 Å². The van der Waals surface area contributed by atoms with Crippen molar-refractivity contribution in [2.24, 2.45) is 0 Å². The summed E-state index contributed by atoms with van der Waals surface area (Å²) in [7, 11) is 1.78. The van der Waals surface area contributed by atoms with E-state index in [1.165, 1.54) is 0 Å². The van der Waals surface area contributed by atoms with Crippen LogP contribution >= 0.6 is 0 Å². The number of H-pyrrole nitrogens is 1. The van der Waals surface area contributed by atoms with Gasteiger partial charge in [-0.15, -0.1) is 0 Å². The zero-order chi connectivity index (χ0) is 18.7. The van der Waals surface area contributed by atoms with Crippen LogP contribution in [0.5, 0.6) is 0 Å². The summed E-state index contributed by atoms with van der Waals surface area (Å²) in [5, 5.41) is 6.35. The SMILES string of the molecule is Cc1cc(-c2ccc(C(=O)N(C)CCn3ccnc3C)cc2)c(=O)[nH]n1. The quantitative estimate of drug-likeness (QED) is 0.762. The highest BCUT2D eigenvalue weighted by Crippen LogP contribution is 2.17. The maximum atomic E-state index is 12.6. The van der Waals surface area contributed by atoms with Gasteiger partial charge in [-0.3, -0.25) is 9.59 Å². The van der Waals surface area contributed by atoms with Crippen LogP contribution < -0.4 is 5.56 Å². The molecule has 1 N–H and O–H groups in total. The number of hydrogen-bond acceptors (Lipinski definition) is 4. The average Bonchev–Trinajstić information content (AvgIpc) is 3.06. The lowest BCUT2D eigenvalue weighted by Gasteiger charge is -2.18. The Morgan fingerprint density at radius 3 is 2.62 bits per heavy atom. The van der Waals surface area contributed by atoms with E-state index < -0.39 is 0 Å². The van der Waals surface area contributed by atoms with Gasteiger partial charge >= 0.3 is 0 Å². The fraction of sp³-hybridized carbons (Fsp3) is 0.263. The number of aryl methyl sites for hydroxylation is 2. The molecule has 0 aliphatic heterocycles. The number of aromatic amines is 1. The molecule has 0 spiro atoms. The van der Waals surface area contributed by atoms with Crippen LogP contribution in [-0.4, -0.2) is 44.1 Å². The Morgan fingerprint density at radius 2 is 1.96 bits per heavy atom. The third-order valence-corrected chi connectivity index (χ3v) is 4.32. The van der Waals surface area contributed by atoms with Gasteiger partial charge in [0.05, 0.1) is 11.3 Å². The maximum absolute atomic E-state index is 12.6. The highest BCUT2D eigenvalue weighted by atomic mass is 16.2. The standard InChI is InChI=1S/C19H21N5O2/c1-13-12-17(18(25)22-21-13)15-4-6-16(7-5-15)19(26)23(3)10-11-24-9-8-20-14(24)2/h4-9,12H,10-11H2,1-3H3,(H,22,25). The molecule has 1 aromatic carbocycles. The molecular weight excluding hydrogens is 330 g/mol. The van der Waals surface area contributed by atoms with Crippen molar-refractivity contribution in [3.05, 3.63) is 70.2 Å². The zero-order valence-corrected chi connectivity index (χ0v) is 15.1. The van der Waals surface area contributed by atoms with E-state index in [1.54, 1.807) is 48.5 Å². The van der Waals surface area contributed by atoms with E-state index in [9.17, 15) is 9.59 Å². The fourth-order valence-corrected chi connectivity index (χ4v) is 2.73. The number of nitrogens with zero attached hydrogens (tertiary/aromatic N) is 4. The Labute approximate surface area is 151 Å². The highest BCUT2D eigenvalue weighted by Gasteiger charge is 2.13. The number of nitrogens with one attached hydrogen (secondary N) is 1. The monoisotopic (exact) mass is 351 g/mol. The van der Waals surface area contributed by atoms with E-state index in [-0.39, 0.29) is 11.5 Å². The van der Waals surface area contributed by atoms with Crippen molar-refractivity contribution in [3.63, 3.8) is 0 Å². The van der Waals surface area contributed by atoms with Gasteiger partial charge in [0, 0.05) is 38.1 Å². The number of carbonyl (C=O) groups excluding carboxylic acids is 1. The predicted octanol–water partition coefficient (Wildman–Crippen LogP) is 2.02. The molecule has 0 bridgehead atoms. The molecule has 0 saturated heterocycles. The Morgan fingerprint density at radius 1 is 1.23 bits per heavy atom. The Bertz CT molecular complexity index is 972. The first-order chi connectivity index (χ1) is 12.5. The molecule has 0 saturated carbocycles. The van der Waals surface area contributed by atoms with Crippen molar-refractivity contribution < 1.29 is 4.79 Å². The fourth-order valence-electron chi connectivity index (χ4n) is 2.73. The van der Waals surface area contributed by atoms with Gasteiger partial charge in [0.25, 0.3) is 11.5 Å². The number of rotatable bonds is 5. The summed E-state index contributed by atoms with van der Waals surface area (Å²) >= 11 is 0. The molecular formula is C19H21N5O2. The second-order valence-corrected chi connectivity index (χ2v) is 6.22. The lowest BCUT2D eigenvalue weighted by Crippen LogP contribution is -2.30. The molecule has 0 atom stereocenters. The van der Waals surface area contributed by atoms with E-state index in [4.69, 9.17) is 0 Å². The van der Waals surface area contributed by atoms with Gasteiger partial charge in [0.15, 0.2) is 0 Å². The van der Waals surface area contributed by atoms with Gasteiger partial charge < -0.3 is 9.47 Å². The first-order valence-electron chi connectivity index (χ1n) is 8.35. The first-order valence-corrected chi connectivity index (χ1v) is 8.35. The summed E-state index contributed by atoms with van der Waals surface area (Å²) in [6.45, 7) is 5.02. The van der Waals surface area contributed by atoms with Crippen molar-refractivity contribution in [2.75, 3.05) is 13.6 Å². The number of aromatic nitrogens is 4. The minimum atomic E-state index is -0.248. The first kappa shape index (κ1) is 17.6. The average molecular weight is 351 g/mol. The summed E-state index contributed by atoms with van der Waals surface area (Å²) in [5.74, 6) is 0.863. The van der Waals surface area contributed by atoms with Crippen LogP contribution in [0.1, 0.15) is 21.9 Å². The van der Waals surface area contributed by atoms with E-state index in [2.05, 4.69) is 15.2 Å². The number of hydrogen-bond donors (Lipinski definition) is 1. The molecule has 1 amide bonds. The third kappa shape index (κ3) is 3.72. The Kier molecular flexibility index (Phi) is 4.97. The van der Waals surface area contributed by atoms with Gasteiger partial charge in [-0.2, -0.15) is 5.10 Å². The van der Waals surface area contributed by atoms with Crippen molar-refractivity contribution in [2.45, 2.75) is 20.4 Å². The Balaban J connectivity index is 1.71. The number of benzene rings is 1. The number of imidazole rings is 1. The topological polar surface area (TPSA) is 83.9 Å². The van der Waals surface area contributed by atoms with Crippen molar-refractivity contribution >= 4 is 5.91 Å². The summed E-state index contributed by atoms with van der Waals surface area (Å²) < 4.78 is 2.00. The molecule has 134 valence electrons. The minimum absolute atomic E-state index is 0.0610. The molecule has 26 heavy (non-hydrogen) atoms. The van der Waals surface area contributed by atoms with Crippen molar-refractivity contribution in [1.29, 1.82) is 0 Å². The van der Waals surface area contributed by atoms with Gasteiger partial charge in [-0.05, 0) is 37.6 Å². The third-order valence-electron chi connectivity index (χ3n) is 4.32. The lowest BCUT2D eigenvalue weighted by molar-refractivity contribution is 0.0790. The van der Waals surface area contributed by atoms with Crippen LogP contribution in [0, 0.1) is 13.8 Å². The molecule has 7 nitrogen and oxygen atoms in total. The van der Waals surface area contributed by atoms with Gasteiger partial charge in [-0.25, -0.2) is 10.1 Å². The van der Waals surface area contributed by atoms with E-state index in [1.807, 2.05) is 24.6 Å². The summed E-state index contributed by atoms with van der Waals surface area (Å²) in [6, 6.07) is 8.78. The molecule has 3 aromatic rings. The van der Waals surface area contributed by atoms with Crippen LogP contribution in [0.25, 0.3) is 11.1 Å². The normalized spacial score (nSPS) is 10.7. The maximum Gasteiger partial charge on any atom is 0.272 e. The molecule has 0 radical (unpaired) electrons. The number of amides is 1. The van der Waals surface area contributed by atoms with Crippen LogP contribution in [0.2, 0.25) is 0 Å². The minimum Gasteiger partial charge on any atom is -0.340 e. The molecule has 0 unspecified atom stereocenters. The second kappa shape index (κ2) is 7.35. The lowest BCUT2D eigenvalue weighted by atomic mass is 10.0.